The summed E-state index contributed by atoms with van der Waals surface area (Å²) >= 11 is 0. The van der Waals surface area contributed by atoms with Crippen molar-refractivity contribution in [3.05, 3.63) is 71.0 Å². The quantitative estimate of drug-likeness (QED) is 0.559. The molecule has 0 aliphatic carbocycles. The normalized spacial score (nSPS) is 20.3. The van der Waals surface area contributed by atoms with Gasteiger partial charge >= 0.3 is 0 Å². The molecule has 2 N–H and O–H groups in total. The summed E-state index contributed by atoms with van der Waals surface area (Å²) in [5.41, 5.74) is 3.48. The Hall–Kier alpha value is -4.05. The summed E-state index contributed by atoms with van der Waals surface area (Å²) < 4.78 is 19.3. The maximum absolute atomic E-state index is 13.3. The van der Waals surface area contributed by atoms with Crippen molar-refractivity contribution >= 4 is 11.8 Å². The molecule has 6 rings (SSSR count). The van der Waals surface area contributed by atoms with Crippen LogP contribution >= 0.6 is 0 Å². The third kappa shape index (κ3) is 5.69. The first kappa shape index (κ1) is 24.6. The lowest BCUT2D eigenvalue weighted by molar-refractivity contribution is -0.123. The Morgan fingerprint density at radius 3 is 2.68 bits per heavy atom. The molecule has 3 aliphatic rings. The molecule has 3 aliphatic heterocycles. The van der Waals surface area contributed by atoms with E-state index in [0.29, 0.717) is 49.0 Å². The zero-order valence-corrected chi connectivity index (χ0v) is 21.2. The first-order valence-electron chi connectivity index (χ1n) is 12.2. The van der Waals surface area contributed by atoms with E-state index in [1.165, 1.54) is 7.11 Å². The molecule has 0 spiro atoms. The lowest BCUT2D eigenvalue weighted by Gasteiger charge is -2.21. The molecule has 2 amide bonds. The van der Waals surface area contributed by atoms with Crippen molar-refractivity contribution in [3.63, 3.8) is 0 Å². The smallest absolute Gasteiger partial charge is 0.258 e. The number of carbonyl (C=O) groups excluding carboxylic acids is 2. The van der Waals surface area contributed by atoms with Gasteiger partial charge in [0.05, 0.1) is 18.8 Å². The number of fused-ring (bicyclic) bond motifs is 7. The van der Waals surface area contributed by atoms with E-state index in [9.17, 15) is 9.59 Å². The summed E-state index contributed by atoms with van der Waals surface area (Å²) in [6.45, 7) is 4.15. The molecular weight excluding hydrogens is 474 g/mol. The third-order valence-electron chi connectivity index (χ3n) is 6.65. The van der Waals surface area contributed by atoms with Gasteiger partial charge in [0.2, 0.25) is 0 Å². The molecule has 1 fully saturated rings. The van der Waals surface area contributed by atoms with E-state index < -0.39 is 0 Å². The first-order valence-corrected chi connectivity index (χ1v) is 12.2. The highest BCUT2D eigenvalue weighted by Crippen LogP contribution is 2.29. The number of nitrogens with zero attached hydrogens (tertiary/aromatic N) is 3. The van der Waals surface area contributed by atoms with Gasteiger partial charge in [-0.1, -0.05) is 12.1 Å². The lowest BCUT2D eigenvalue weighted by Crippen LogP contribution is -2.45. The van der Waals surface area contributed by atoms with Crippen molar-refractivity contribution in [2.24, 2.45) is 7.05 Å². The fourth-order valence-corrected chi connectivity index (χ4v) is 4.72. The third-order valence-corrected chi connectivity index (χ3v) is 6.65. The Balaban J connectivity index is 1.42. The number of aryl methyl sites for hydroxylation is 2. The number of hydrogen-bond donors (Lipinski definition) is 2. The largest absolute Gasteiger partial charge is 0.493 e. The average Bonchev–Trinajstić information content (AvgIpc) is 3.41. The standard InChI is InChI=1S/C27H31N5O5/c1-17-20(12-31(2)30-17)13-32-14-22-25(15-32)37-21-7-4-18(5-8-21)11-28-26(33)16-36-24-10-19(27(34)29-22)6-9-23(24)35-3/h4-10,12,22,25H,11,13-16H2,1-3H3,(H,28,33)(H,29,34)/t22-,25-/m0/s1. The molecule has 1 saturated heterocycles. The van der Waals surface area contributed by atoms with Gasteiger partial charge in [0.25, 0.3) is 11.8 Å². The molecule has 0 saturated carbocycles. The molecule has 3 aromatic rings. The van der Waals surface area contributed by atoms with Crippen molar-refractivity contribution in [1.82, 2.24) is 25.3 Å². The molecule has 10 nitrogen and oxygen atoms in total. The Kier molecular flexibility index (Phi) is 7.00. The van der Waals surface area contributed by atoms with Crippen LogP contribution in [0.25, 0.3) is 0 Å². The second kappa shape index (κ2) is 10.5. The monoisotopic (exact) mass is 505 g/mol. The SMILES string of the molecule is COc1ccc2cc1OCC(=O)NCc1ccc(cc1)O[C@H]1CN(Cc3cn(C)nc3C)C[C@@H]1NC2=O. The highest BCUT2D eigenvalue weighted by molar-refractivity contribution is 5.95. The van der Waals surface area contributed by atoms with E-state index in [4.69, 9.17) is 14.2 Å². The predicted molar refractivity (Wildman–Crippen MR) is 136 cm³/mol. The molecule has 0 radical (unpaired) electrons. The van der Waals surface area contributed by atoms with Gasteiger partial charge in [-0.05, 0) is 42.8 Å². The molecule has 37 heavy (non-hydrogen) atoms. The molecule has 1 aromatic heterocycles. The van der Waals surface area contributed by atoms with Gasteiger partial charge in [-0.2, -0.15) is 5.10 Å². The van der Waals surface area contributed by atoms with Gasteiger partial charge in [-0.3, -0.25) is 19.2 Å². The Labute approximate surface area is 215 Å². The number of ether oxygens (including phenoxy) is 3. The minimum atomic E-state index is -0.278. The number of rotatable bonds is 3. The Bertz CT molecular complexity index is 1290. The predicted octanol–water partition coefficient (Wildman–Crippen LogP) is 1.81. The highest BCUT2D eigenvalue weighted by atomic mass is 16.5. The fourth-order valence-electron chi connectivity index (χ4n) is 4.72. The Morgan fingerprint density at radius 2 is 1.95 bits per heavy atom. The number of methoxy groups -OCH3 is 1. The van der Waals surface area contributed by atoms with Gasteiger partial charge in [-0.25, -0.2) is 0 Å². The van der Waals surface area contributed by atoms with Gasteiger partial charge < -0.3 is 24.8 Å². The van der Waals surface area contributed by atoms with Crippen LogP contribution in [0.15, 0.2) is 48.7 Å². The van der Waals surface area contributed by atoms with E-state index in [-0.39, 0.29) is 30.6 Å². The summed E-state index contributed by atoms with van der Waals surface area (Å²) in [4.78, 5) is 27.9. The van der Waals surface area contributed by atoms with Crippen LogP contribution in [0.5, 0.6) is 17.2 Å². The maximum atomic E-state index is 13.3. The topological polar surface area (TPSA) is 107 Å². The second-order valence-electron chi connectivity index (χ2n) is 9.42. The van der Waals surface area contributed by atoms with E-state index in [2.05, 4.69) is 20.6 Å². The maximum Gasteiger partial charge on any atom is 0.258 e. The van der Waals surface area contributed by atoms with Crippen molar-refractivity contribution in [2.75, 3.05) is 26.8 Å². The van der Waals surface area contributed by atoms with Crippen LogP contribution < -0.4 is 24.8 Å². The summed E-state index contributed by atoms with van der Waals surface area (Å²) in [5, 5.41) is 10.4. The molecule has 2 atom stereocenters. The van der Waals surface area contributed by atoms with E-state index in [0.717, 1.165) is 16.8 Å². The van der Waals surface area contributed by atoms with Crippen LogP contribution in [-0.4, -0.2) is 65.4 Å². The molecule has 10 heteroatoms. The van der Waals surface area contributed by atoms with Crippen LogP contribution in [0.3, 0.4) is 0 Å². The molecule has 4 bridgehead atoms. The first-order chi connectivity index (χ1) is 17.9. The van der Waals surface area contributed by atoms with Crippen LogP contribution in [-0.2, 0) is 24.9 Å². The summed E-state index contributed by atoms with van der Waals surface area (Å²) in [7, 11) is 3.43. The van der Waals surface area contributed by atoms with Crippen LogP contribution in [0.1, 0.15) is 27.2 Å². The fraction of sp³-hybridized carbons (Fsp3) is 0.370. The van der Waals surface area contributed by atoms with Gasteiger partial charge in [0.1, 0.15) is 11.9 Å². The summed E-state index contributed by atoms with van der Waals surface area (Å²) in [6.07, 6.45) is 1.77. The van der Waals surface area contributed by atoms with E-state index >= 15 is 0 Å². The van der Waals surface area contributed by atoms with Gasteiger partial charge in [0.15, 0.2) is 18.1 Å². The number of amides is 2. The van der Waals surface area contributed by atoms with Crippen molar-refractivity contribution in [1.29, 1.82) is 0 Å². The average molecular weight is 506 g/mol. The molecule has 0 unspecified atom stereocenters. The molecular formula is C27H31N5O5. The summed E-state index contributed by atoms with van der Waals surface area (Å²) in [5.74, 6) is 0.942. The zero-order valence-electron chi connectivity index (χ0n) is 21.2. The van der Waals surface area contributed by atoms with Crippen LogP contribution in [0.2, 0.25) is 0 Å². The molecule has 194 valence electrons. The minimum Gasteiger partial charge on any atom is -0.493 e. The van der Waals surface area contributed by atoms with Crippen LogP contribution in [0.4, 0.5) is 0 Å². The number of nitrogens with one attached hydrogen (secondary N) is 2. The van der Waals surface area contributed by atoms with Crippen molar-refractivity contribution in [2.45, 2.75) is 32.2 Å². The highest BCUT2D eigenvalue weighted by Gasteiger charge is 2.36. The van der Waals surface area contributed by atoms with Crippen molar-refractivity contribution < 1.29 is 23.8 Å². The number of likely N-dealkylation sites (tertiary alicyclic amines) is 1. The van der Waals surface area contributed by atoms with E-state index in [1.54, 1.807) is 18.2 Å². The summed E-state index contributed by atoms with van der Waals surface area (Å²) in [6, 6.07) is 12.3. The number of benzene rings is 2. The lowest BCUT2D eigenvalue weighted by atomic mass is 10.1. The number of aromatic nitrogens is 2. The number of carbonyl (C=O) groups is 2. The van der Waals surface area contributed by atoms with Gasteiger partial charge in [0, 0.05) is 50.6 Å². The molecule has 4 heterocycles. The molecule has 2 aromatic carbocycles. The van der Waals surface area contributed by atoms with E-state index in [1.807, 2.05) is 49.1 Å². The second-order valence-corrected chi connectivity index (χ2v) is 9.42. The Morgan fingerprint density at radius 1 is 1.14 bits per heavy atom. The zero-order chi connectivity index (χ0) is 25.9. The van der Waals surface area contributed by atoms with Crippen molar-refractivity contribution in [3.8, 4) is 17.2 Å². The van der Waals surface area contributed by atoms with Crippen LogP contribution in [0, 0.1) is 6.92 Å². The van der Waals surface area contributed by atoms with Gasteiger partial charge in [-0.15, -0.1) is 0 Å². The minimum absolute atomic E-state index is 0.198. The number of hydrogen-bond acceptors (Lipinski definition) is 7.